The summed E-state index contributed by atoms with van der Waals surface area (Å²) >= 11 is 7.91. The highest BCUT2D eigenvalue weighted by Gasteiger charge is 2.47. The van der Waals surface area contributed by atoms with Crippen molar-refractivity contribution in [3.8, 4) is 22.4 Å². The number of piperidine rings is 1. The quantitative estimate of drug-likeness (QED) is 0.0320. The SMILES string of the molecule is Cc1c(S(C)(=O)=O)c(-c2cc(F)cc(N3CCN(c4ccc([C@H]5CCN(O)P5(=O)c5ccc(N[C@H](CCN6CCC(C(=O)O)CC6)CSc6ccccc6)c([N+](=O)[O-])c5)cc4)CC3)c2)c(-c2ccc(Cl)cc2)n1C(C)C. The van der Waals surface area contributed by atoms with E-state index in [0.717, 1.165) is 26.5 Å². The molecule has 402 valence electrons. The number of nitro benzene ring substituents is 1. The van der Waals surface area contributed by atoms with Gasteiger partial charge in [0.2, 0.25) is 7.29 Å². The summed E-state index contributed by atoms with van der Waals surface area (Å²) in [4.78, 5) is 32.5. The van der Waals surface area contributed by atoms with Gasteiger partial charge in [-0.15, -0.1) is 16.6 Å². The Labute approximate surface area is 453 Å². The van der Waals surface area contributed by atoms with Crippen LogP contribution in [0.25, 0.3) is 22.4 Å². The third kappa shape index (κ3) is 11.7. The molecule has 1 unspecified atom stereocenters. The topological polar surface area (TPSA) is 182 Å². The summed E-state index contributed by atoms with van der Waals surface area (Å²) in [5.74, 6) is -0.996. The number of carboxylic acids is 1. The van der Waals surface area contributed by atoms with Crippen molar-refractivity contribution in [3.05, 3.63) is 147 Å². The molecule has 0 amide bonds. The Kier molecular flexibility index (Phi) is 16.7. The molecule has 1 aromatic heterocycles. The van der Waals surface area contributed by atoms with E-state index in [1.807, 2.05) is 91.2 Å². The van der Waals surface area contributed by atoms with Crippen molar-refractivity contribution in [1.29, 1.82) is 0 Å². The van der Waals surface area contributed by atoms with E-state index in [2.05, 4.69) is 20.0 Å². The average molecular weight is 1110 g/mol. The van der Waals surface area contributed by atoms with Crippen molar-refractivity contribution in [3.63, 3.8) is 0 Å². The molecule has 0 saturated carbocycles. The summed E-state index contributed by atoms with van der Waals surface area (Å²) in [5.41, 5.74) is 4.58. The maximum absolute atomic E-state index is 15.8. The number of hydrogen-bond donors (Lipinski definition) is 3. The molecule has 6 aromatic rings. The fourth-order valence-electron chi connectivity index (χ4n) is 11.2. The van der Waals surface area contributed by atoms with Gasteiger partial charge in [0.05, 0.1) is 27.1 Å². The maximum atomic E-state index is 15.8. The van der Waals surface area contributed by atoms with Crippen LogP contribution in [0.2, 0.25) is 5.02 Å². The summed E-state index contributed by atoms with van der Waals surface area (Å²) in [6.45, 7) is 10.2. The van der Waals surface area contributed by atoms with E-state index in [1.165, 1.54) is 24.5 Å². The summed E-state index contributed by atoms with van der Waals surface area (Å²) in [6.07, 6.45) is 3.36. The van der Waals surface area contributed by atoms with Gasteiger partial charge in [-0.05, 0) is 143 Å². The lowest BCUT2D eigenvalue weighted by molar-refractivity contribution is -0.383. The van der Waals surface area contributed by atoms with Gasteiger partial charge in [-0.1, -0.05) is 54.1 Å². The molecule has 3 saturated heterocycles. The number of aliphatic carboxylic acids is 1. The Balaban J connectivity index is 0.908. The van der Waals surface area contributed by atoms with Gasteiger partial charge in [0, 0.05) is 107 Å². The molecule has 3 aliphatic heterocycles. The van der Waals surface area contributed by atoms with Crippen LogP contribution in [0.1, 0.15) is 62.5 Å². The minimum Gasteiger partial charge on any atom is -0.481 e. The van der Waals surface area contributed by atoms with E-state index >= 15 is 8.96 Å². The molecule has 0 bridgehead atoms. The van der Waals surface area contributed by atoms with Crippen LogP contribution in [-0.2, 0) is 19.2 Å². The first-order valence-electron chi connectivity index (χ1n) is 25.7. The van der Waals surface area contributed by atoms with Gasteiger partial charge in [0.1, 0.15) is 11.5 Å². The number of thioether (sulfide) groups is 1. The Morgan fingerprint density at radius 3 is 2.14 bits per heavy atom. The number of carboxylic acid groups (broad SMARTS) is 1. The molecule has 76 heavy (non-hydrogen) atoms. The normalized spacial score (nSPS) is 19.3. The molecular formula is C56H64ClFN7O8PS2. The summed E-state index contributed by atoms with van der Waals surface area (Å²) in [7, 11) is -7.58. The zero-order valence-corrected chi connectivity index (χ0v) is 46.3. The number of sulfone groups is 1. The average Bonchev–Trinajstić information content (AvgIpc) is 3.95. The fraction of sp³-hybridized carbons (Fsp3) is 0.375. The Hall–Kier alpha value is -5.72. The third-order valence-corrected chi connectivity index (χ3v) is 21.0. The van der Waals surface area contributed by atoms with Crippen molar-refractivity contribution in [1.82, 2.24) is 14.3 Å². The number of benzene rings is 5. The first-order valence-corrected chi connectivity index (χ1v) is 30.6. The number of nitrogens with zero attached hydrogens (tertiary/aromatic N) is 6. The monoisotopic (exact) mass is 1110 g/mol. The van der Waals surface area contributed by atoms with Crippen LogP contribution >= 0.6 is 30.7 Å². The number of anilines is 3. The molecule has 3 N–H and O–H groups in total. The number of carbonyl (C=O) groups is 1. The highest BCUT2D eigenvalue weighted by Crippen LogP contribution is 2.66. The second kappa shape index (κ2) is 23.1. The number of rotatable bonds is 18. The molecule has 0 radical (unpaired) electrons. The minimum absolute atomic E-state index is 0.109. The molecule has 0 spiro atoms. The van der Waals surface area contributed by atoms with E-state index in [9.17, 15) is 33.6 Å². The Bertz CT molecular complexity index is 3240. The number of nitrogens with one attached hydrogen (secondary N) is 1. The number of piperazine rings is 1. The zero-order chi connectivity index (χ0) is 54.1. The van der Waals surface area contributed by atoms with E-state index in [4.69, 9.17) is 11.6 Å². The molecular weight excluding hydrogens is 1050 g/mol. The van der Waals surface area contributed by atoms with Crippen LogP contribution in [0.5, 0.6) is 0 Å². The number of nitro groups is 1. The lowest BCUT2D eigenvalue weighted by Crippen LogP contribution is -2.46. The van der Waals surface area contributed by atoms with Gasteiger partial charge in [-0.3, -0.25) is 19.5 Å². The van der Waals surface area contributed by atoms with Crippen molar-refractivity contribution in [2.75, 3.05) is 79.5 Å². The number of halogens is 2. The molecule has 3 atom stereocenters. The third-order valence-electron chi connectivity index (χ3n) is 15.1. The highest BCUT2D eigenvalue weighted by molar-refractivity contribution is 7.99. The first-order chi connectivity index (χ1) is 36.3. The van der Waals surface area contributed by atoms with Crippen LogP contribution < -0.4 is 20.4 Å². The Morgan fingerprint density at radius 2 is 1.53 bits per heavy atom. The molecule has 15 nitrogen and oxygen atoms in total. The lowest BCUT2D eigenvalue weighted by atomic mass is 9.97. The van der Waals surface area contributed by atoms with Gasteiger partial charge in [-0.2, -0.15) is 0 Å². The van der Waals surface area contributed by atoms with Crippen molar-refractivity contribution in [2.45, 2.75) is 74.0 Å². The maximum Gasteiger partial charge on any atom is 0.306 e. The van der Waals surface area contributed by atoms with Crippen molar-refractivity contribution < 1.29 is 37.4 Å². The molecule has 9 rings (SSSR count). The molecule has 3 fully saturated rings. The summed E-state index contributed by atoms with van der Waals surface area (Å²) in [6, 6.07) is 33.8. The summed E-state index contributed by atoms with van der Waals surface area (Å²) in [5, 5.41) is 37.8. The van der Waals surface area contributed by atoms with Crippen LogP contribution in [0, 0.1) is 28.8 Å². The highest BCUT2D eigenvalue weighted by atomic mass is 35.5. The number of hydroxylamine groups is 1. The number of hydrogen-bond acceptors (Lipinski definition) is 12. The minimum atomic E-state index is -3.81. The predicted octanol–water partition coefficient (Wildman–Crippen LogP) is 11.6. The van der Waals surface area contributed by atoms with Crippen LogP contribution in [0.3, 0.4) is 0 Å². The molecule has 4 heterocycles. The standard InChI is InChI=1S/C56H64ClFN7O8PS2/c1-37(2)64-38(3)55(76(4,72)73)53(54(64)40-10-14-43(57)15-11-40)42-32-44(58)34-47(33-42)62-30-28-61(29-31-62)46-16-12-39(13-17-46)52-23-27-63(68)74(52,71)48-18-19-50(51(35-48)65(69)70)59-45(36-75-49-8-6-5-7-9-49)22-26-60-24-20-41(21-25-60)56(66)67/h5-19,32-35,37,41,45,52,59,68H,20-31,36H2,1-4H3,(H,66,67)/t45-,52-,74?/m1/s1. The largest absolute Gasteiger partial charge is 0.481 e. The zero-order valence-electron chi connectivity index (χ0n) is 43.0. The van der Waals surface area contributed by atoms with Crippen LogP contribution in [0.15, 0.2) is 125 Å². The second-order valence-electron chi connectivity index (χ2n) is 20.3. The van der Waals surface area contributed by atoms with E-state index in [-0.39, 0.29) is 46.1 Å². The van der Waals surface area contributed by atoms with Gasteiger partial charge in [-0.25, -0.2) is 12.8 Å². The van der Waals surface area contributed by atoms with Crippen LogP contribution in [0.4, 0.5) is 27.1 Å². The van der Waals surface area contributed by atoms with E-state index < -0.39 is 39.5 Å². The predicted molar refractivity (Wildman–Crippen MR) is 302 cm³/mol. The molecule has 3 aliphatic rings. The van der Waals surface area contributed by atoms with Crippen LogP contribution in [-0.4, -0.2) is 114 Å². The lowest BCUT2D eigenvalue weighted by Gasteiger charge is -2.37. The van der Waals surface area contributed by atoms with Gasteiger partial charge >= 0.3 is 5.97 Å². The number of likely N-dealkylation sites (tertiary alicyclic amines) is 1. The molecule has 20 heteroatoms. The van der Waals surface area contributed by atoms with E-state index in [1.54, 1.807) is 43.0 Å². The van der Waals surface area contributed by atoms with E-state index in [0.29, 0.717) is 110 Å². The smallest absolute Gasteiger partial charge is 0.306 e. The first kappa shape index (κ1) is 55.0. The molecule has 0 aliphatic carbocycles. The Morgan fingerprint density at radius 1 is 0.868 bits per heavy atom. The van der Waals surface area contributed by atoms with Gasteiger partial charge in [0.25, 0.3) is 5.69 Å². The van der Waals surface area contributed by atoms with Gasteiger partial charge < -0.3 is 34.9 Å². The van der Waals surface area contributed by atoms with Crippen molar-refractivity contribution >= 4 is 74.5 Å². The molecule has 5 aromatic carbocycles. The summed E-state index contributed by atoms with van der Waals surface area (Å²) < 4.78 is 60.2. The fourth-order valence-corrected chi connectivity index (χ4v) is 16.6. The van der Waals surface area contributed by atoms with Gasteiger partial charge in [0.15, 0.2) is 9.84 Å². The van der Waals surface area contributed by atoms with Crippen molar-refractivity contribution in [2.24, 2.45) is 5.92 Å². The second-order valence-corrected chi connectivity index (χ2v) is 26.7. The number of aromatic nitrogens is 1.